The molecule has 21 heavy (non-hydrogen) atoms. The summed E-state index contributed by atoms with van der Waals surface area (Å²) in [6.07, 6.45) is 1.74. The predicted octanol–water partition coefficient (Wildman–Crippen LogP) is 2.00. The largest absolute Gasteiger partial charge is 0.486 e. The predicted molar refractivity (Wildman–Crippen MR) is 84.6 cm³/mol. The maximum atomic E-state index is 12.4. The minimum atomic E-state index is -0.0486. The van der Waals surface area contributed by atoms with Gasteiger partial charge in [-0.2, -0.15) is 0 Å². The molecule has 0 atom stereocenters. The maximum absolute atomic E-state index is 12.4. The van der Waals surface area contributed by atoms with Crippen LogP contribution < -0.4 is 0 Å². The van der Waals surface area contributed by atoms with E-state index in [0.717, 1.165) is 17.7 Å². The smallest absolute Gasteiger partial charge is 0.289 e. The summed E-state index contributed by atoms with van der Waals surface area (Å²) in [7, 11) is 3.96. The molecule has 112 valence electrons. The van der Waals surface area contributed by atoms with Crippen molar-refractivity contribution in [2.45, 2.75) is 0 Å². The van der Waals surface area contributed by atoms with Crippen molar-refractivity contribution >= 4 is 11.5 Å². The van der Waals surface area contributed by atoms with E-state index in [-0.39, 0.29) is 5.91 Å². The van der Waals surface area contributed by atoms with Crippen LogP contribution in [0, 0.1) is 0 Å². The first-order valence-corrected chi connectivity index (χ1v) is 7.09. The van der Waals surface area contributed by atoms with Crippen LogP contribution in [0.2, 0.25) is 0 Å². The van der Waals surface area contributed by atoms with Crippen LogP contribution in [0.3, 0.4) is 0 Å². The van der Waals surface area contributed by atoms with Gasteiger partial charge >= 0.3 is 0 Å². The lowest BCUT2D eigenvalue weighted by molar-refractivity contribution is -0.128. The highest BCUT2D eigenvalue weighted by atomic mass is 16.5. The SMILES string of the molecule is C=CCN1CC(c2ccccc2)=C(OCCN(C)C)C1=O. The van der Waals surface area contributed by atoms with E-state index in [1.807, 2.05) is 49.3 Å². The van der Waals surface area contributed by atoms with Crippen molar-refractivity contribution in [2.24, 2.45) is 0 Å². The summed E-state index contributed by atoms with van der Waals surface area (Å²) in [6, 6.07) is 9.93. The molecule has 1 aromatic carbocycles. The number of nitrogens with zero attached hydrogens (tertiary/aromatic N) is 2. The van der Waals surface area contributed by atoms with E-state index in [4.69, 9.17) is 4.74 Å². The van der Waals surface area contributed by atoms with Gasteiger partial charge in [-0.3, -0.25) is 4.79 Å². The van der Waals surface area contributed by atoms with Crippen LogP contribution in [0.15, 0.2) is 48.7 Å². The van der Waals surface area contributed by atoms with Gasteiger partial charge in [0.1, 0.15) is 6.61 Å². The molecule has 1 aliphatic heterocycles. The number of amides is 1. The summed E-state index contributed by atoms with van der Waals surface area (Å²) in [5.41, 5.74) is 2.00. The van der Waals surface area contributed by atoms with Crippen LogP contribution in [0.4, 0.5) is 0 Å². The second kappa shape index (κ2) is 7.09. The van der Waals surface area contributed by atoms with E-state index in [2.05, 4.69) is 6.58 Å². The Hall–Kier alpha value is -2.07. The molecular formula is C17H22N2O2. The Balaban J connectivity index is 2.22. The summed E-state index contributed by atoms with van der Waals surface area (Å²) in [4.78, 5) is 16.2. The Bertz CT molecular complexity index is 535. The zero-order chi connectivity index (χ0) is 15.2. The molecule has 0 unspecified atom stereocenters. The normalized spacial score (nSPS) is 15.0. The molecular weight excluding hydrogens is 264 g/mol. The number of hydrogen-bond acceptors (Lipinski definition) is 3. The van der Waals surface area contributed by atoms with Gasteiger partial charge in [0.2, 0.25) is 0 Å². The summed E-state index contributed by atoms with van der Waals surface area (Å²) in [6.45, 7) is 6.10. The lowest BCUT2D eigenvalue weighted by atomic mass is 10.1. The van der Waals surface area contributed by atoms with Gasteiger partial charge in [-0.05, 0) is 19.7 Å². The fourth-order valence-corrected chi connectivity index (χ4v) is 2.25. The Morgan fingerprint density at radius 1 is 1.33 bits per heavy atom. The first-order chi connectivity index (χ1) is 10.1. The molecule has 0 radical (unpaired) electrons. The van der Waals surface area contributed by atoms with E-state index in [1.165, 1.54) is 0 Å². The van der Waals surface area contributed by atoms with Crippen LogP contribution in [-0.4, -0.2) is 56.0 Å². The molecule has 0 saturated carbocycles. The molecule has 4 heteroatoms. The summed E-state index contributed by atoms with van der Waals surface area (Å²) >= 11 is 0. The van der Waals surface area contributed by atoms with Crippen molar-refractivity contribution < 1.29 is 9.53 Å². The molecule has 0 N–H and O–H groups in total. The van der Waals surface area contributed by atoms with Crippen LogP contribution in [0.5, 0.6) is 0 Å². The lowest BCUT2D eigenvalue weighted by Crippen LogP contribution is -2.28. The van der Waals surface area contributed by atoms with E-state index < -0.39 is 0 Å². The number of likely N-dealkylation sites (N-methyl/N-ethyl adjacent to an activating group) is 1. The number of rotatable bonds is 7. The summed E-state index contributed by atoms with van der Waals surface area (Å²) in [5.74, 6) is 0.428. The molecule has 0 aliphatic carbocycles. The second-order valence-electron chi connectivity index (χ2n) is 5.30. The highest BCUT2D eigenvalue weighted by Gasteiger charge is 2.31. The third-order valence-corrected chi connectivity index (χ3v) is 3.36. The van der Waals surface area contributed by atoms with E-state index in [1.54, 1.807) is 11.0 Å². The van der Waals surface area contributed by atoms with Crippen molar-refractivity contribution in [3.05, 3.63) is 54.3 Å². The van der Waals surface area contributed by atoms with Crippen molar-refractivity contribution in [3.63, 3.8) is 0 Å². The minimum Gasteiger partial charge on any atom is -0.486 e. The quantitative estimate of drug-likeness (QED) is 0.719. The van der Waals surface area contributed by atoms with Crippen LogP contribution in [0.25, 0.3) is 5.57 Å². The fraction of sp³-hybridized carbons (Fsp3) is 0.353. The van der Waals surface area contributed by atoms with Gasteiger partial charge < -0.3 is 14.5 Å². The van der Waals surface area contributed by atoms with Gasteiger partial charge in [-0.25, -0.2) is 0 Å². The first kappa shape index (κ1) is 15.3. The van der Waals surface area contributed by atoms with Gasteiger partial charge in [-0.15, -0.1) is 6.58 Å². The van der Waals surface area contributed by atoms with E-state index in [0.29, 0.717) is 25.5 Å². The van der Waals surface area contributed by atoms with E-state index >= 15 is 0 Å². The number of carbonyl (C=O) groups excluding carboxylic acids is 1. The summed E-state index contributed by atoms with van der Waals surface area (Å²) < 4.78 is 5.78. The van der Waals surface area contributed by atoms with Gasteiger partial charge in [-0.1, -0.05) is 36.4 Å². The number of ether oxygens (including phenoxy) is 1. The Kier molecular flexibility index (Phi) is 5.17. The van der Waals surface area contributed by atoms with Gasteiger partial charge in [0.25, 0.3) is 5.91 Å². The molecule has 1 aliphatic rings. The Morgan fingerprint density at radius 2 is 2.05 bits per heavy atom. The molecule has 1 amide bonds. The van der Waals surface area contributed by atoms with Gasteiger partial charge in [0.05, 0.1) is 6.54 Å². The molecule has 4 nitrogen and oxygen atoms in total. The Morgan fingerprint density at radius 3 is 2.67 bits per heavy atom. The molecule has 0 saturated heterocycles. The number of benzene rings is 1. The number of hydrogen-bond donors (Lipinski definition) is 0. The average molecular weight is 286 g/mol. The molecule has 0 bridgehead atoms. The Labute approximate surface area is 126 Å². The van der Waals surface area contributed by atoms with Crippen LogP contribution >= 0.6 is 0 Å². The van der Waals surface area contributed by atoms with Gasteiger partial charge in [0.15, 0.2) is 5.76 Å². The zero-order valence-corrected chi connectivity index (χ0v) is 12.7. The molecule has 0 spiro atoms. The van der Waals surface area contributed by atoms with E-state index in [9.17, 15) is 4.79 Å². The molecule has 0 fully saturated rings. The third-order valence-electron chi connectivity index (χ3n) is 3.36. The fourth-order valence-electron chi connectivity index (χ4n) is 2.25. The third kappa shape index (κ3) is 3.73. The second-order valence-corrected chi connectivity index (χ2v) is 5.30. The number of carbonyl (C=O) groups is 1. The molecule has 1 heterocycles. The summed E-state index contributed by atoms with van der Waals surface area (Å²) in [5, 5.41) is 0. The molecule has 1 aromatic rings. The maximum Gasteiger partial charge on any atom is 0.289 e. The zero-order valence-electron chi connectivity index (χ0n) is 12.7. The standard InChI is InChI=1S/C17H22N2O2/c1-4-10-19-13-15(14-8-6-5-7-9-14)16(17(19)20)21-12-11-18(2)3/h4-9H,1,10-13H2,2-3H3. The molecule has 2 rings (SSSR count). The van der Waals surface area contributed by atoms with Crippen molar-refractivity contribution in [1.29, 1.82) is 0 Å². The van der Waals surface area contributed by atoms with Gasteiger partial charge in [0, 0.05) is 18.7 Å². The van der Waals surface area contributed by atoms with Crippen molar-refractivity contribution in [3.8, 4) is 0 Å². The van der Waals surface area contributed by atoms with Crippen molar-refractivity contribution in [2.75, 3.05) is 40.3 Å². The topological polar surface area (TPSA) is 32.8 Å². The average Bonchev–Trinajstić information content (AvgIpc) is 2.78. The first-order valence-electron chi connectivity index (χ1n) is 7.09. The lowest BCUT2D eigenvalue weighted by Gasteiger charge is -2.14. The monoisotopic (exact) mass is 286 g/mol. The van der Waals surface area contributed by atoms with Crippen LogP contribution in [0.1, 0.15) is 5.56 Å². The van der Waals surface area contributed by atoms with Crippen LogP contribution in [-0.2, 0) is 9.53 Å². The van der Waals surface area contributed by atoms with Crippen molar-refractivity contribution in [1.82, 2.24) is 9.80 Å². The minimum absolute atomic E-state index is 0.0486. The highest BCUT2D eigenvalue weighted by Crippen LogP contribution is 2.28. The molecule has 0 aromatic heterocycles. The highest BCUT2D eigenvalue weighted by molar-refractivity contribution is 6.04.